The molecule has 0 fully saturated rings. The molecule has 0 spiro atoms. The van der Waals surface area contributed by atoms with Gasteiger partial charge in [-0.15, -0.1) is 0 Å². The van der Waals surface area contributed by atoms with Gasteiger partial charge in [0.1, 0.15) is 5.82 Å². The molecule has 1 heterocycles. The molecule has 0 aliphatic rings. The molecule has 0 saturated carbocycles. The molecule has 0 aliphatic heterocycles. The molecule has 0 aliphatic carbocycles. The quantitative estimate of drug-likeness (QED) is 0.884. The van der Waals surface area contributed by atoms with Crippen LogP contribution in [0.3, 0.4) is 0 Å². The van der Waals surface area contributed by atoms with E-state index < -0.39 is 0 Å². The zero-order valence-corrected chi connectivity index (χ0v) is 12.5. The highest BCUT2D eigenvalue weighted by Crippen LogP contribution is 2.25. The maximum atomic E-state index is 13.3. The van der Waals surface area contributed by atoms with Gasteiger partial charge in [-0.1, -0.05) is 30.7 Å². The molecule has 1 aromatic heterocycles. The molecular formula is C15H19ClFN3. The summed E-state index contributed by atoms with van der Waals surface area (Å²) < 4.78 is 15.1. The van der Waals surface area contributed by atoms with Crippen LogP contribution in [0, 0.1) is 5.82 Å². The van der Waals surface area contributed by atoms with Crippen LogP contribution in [0.5, 0.6) is 0 Å². The zero-order valence-electron chi connectivity index (χ0n) is 11.7. The third-order valence-electron chi connectivity index (χ3n) is 3.24. The monoisotopic (exact) mass is 295 g/mol. The van der Waals surface area contributed by atoms with E-state index in [-0.39, 0.29) is 11.9 Å². The molecule has 1 N–H and O–H groups in total. The summed E-state index contributed by atoms with van der Waals surface area (Å²) in [4.78, 5) is 0. The molecule has 1 unspecified atom stereocenters. The van der Waals surface area contributed by atoms with Crippen LogP contribution in [0.25, 0.3) is 0 Å². The fraction of sp³-hybridized carbons (Fsp3) is 0.400. The molecular weight excluding hydrogens is 277 g/mol. The van der Waals surface area contributed by atoms with Crippen molar-refractivity contribution >= 4 is 11.6 Å². The number of aryl methyl sites for hydroxylation is 1. The molecule has 0 radical (unpaired) electrons. The summed E-state index contributed by atoms with van der Waals surface area (Å²) in [6.07, 6.45) is 3.34. The molecule has 108 valence electrons. The largest absolute Gasteiger partial charge is 0.308 e. The van der Waals surface area contributed by atoms with Crippen LogP contribution >= 0.6 is 11.6 Å². The number of hydrogen-bond acceptors (Lipinski definition) is 2. The lowest BCUT2D eigenvalue weighted by Gasteiger charge is -2.19. The van der Waals surface area contributed by atoms with Crippen molar-refractivity contribution in [2.45, 2.75) is 25.8 Å². The third kappa shape index (κ3) is 3.58. The first-order valence-corrected chi connectivity index (χ1v) is 7.14. The van der Waals surface area contributed by atoms with E-state index in [1.165, 1.54) is 6.07 Å². The van der Waals surface area contributed by atoms with E-state index in [2.05, 4.69) is 17.3 Å². The van der Waals surface area contributed by atoms with Gasteiger partial charge in [-0.3, -0.25) is 4.68 Å². The van der Waals surface area contributed by atoms with Crippen LogP contribution in [0.2, 0.25) is 5.02 Å². The first-order valence-electron chi connectivity index (χ1n) is 6.77. The van der Waals surface area contributed by atoms with E-state index in [0.717, 1.165) is 24.2 Å². The Bertz CT molecular complexity index is 548. The summed E-state index contributed by atoms with van der Waals surface area (Å²) in [6.45, 7) is 2.98. The van der Waals surface area contributed by atoms with Crippen molar-refractivity contribution in [2.24, 2.45) is 7.05 Å². The highest BCUT2D eigenvalue weighted by molar-refractivity contribution is 6.31. The van der Waals surface area contributed by atoms with E-state index in [1.807, 2.05) is 13.1 Å². The van der Waals surface area contributed by atoms with Crippen LogP contribution in [0.4, 0.5) is 4.39 Å². The molecule has 5 heteroatoms. The van der Waals surface area contributed by atoms with Gasteiger partial charge in [0.2, 0.25) is 0 Å². The predicted octanol–water partition coefficient (Wildman–Crippen LogP) is 3.50. The molecule has 20 heavy (non-hydrogen) atoms. The molecule has 3 nitrogen and oxygen atoms in total. The number of aromatic nitrogens is 2. The number of benzene rings is 1. The minimum atomic E-state index is -0.215. The summed E-state index contributed by atoms with van der Waals surface area (Å²) in [6, 6.07) is 6.69. The number of nitrogens with zero attached hydrogens (tertiary/aromatic N) is 2. The van der Waals surface area contributed by atoms with E-state index in [1.54, 1.807) is 23.0 Å². The lowest BCUT2D eigenvalue weighted by Crippen LogP contribution is -2.26. The maximum Gasteiger partial charge on any atom is 0.123 e. The number of hydrogen-bond donors (Lipinski definition) is 1. The van der Waals surface area contributed by atoms with Gasteiger partial charge in [-0.05, 0) is 37.1 Å². The summed E-state index contributed by atoms with van der Waals surface area (Å²) in [7, 11) is 1.87. The van der Waals surface area contributed by atoms with Gasteiger partial charge in [-0.2, -0.15) is 5.10 Å². The second-order valence-corrected chi connectivity index (χ2v) is 5.25. The average Bonchev–Trinajstić information content (AvgIpc) is 2.74. The first kappa shape index (κ1) is 15.0. The summed E-state index contributed by atoms with van der Waals surface area (Å²) in [5.74, 6) is -0.215. The van der Waals surface area contributed by atoms with E-state index in [9.17, 15) is 4.39 Å². The summed E-state index contributed by atoms with van der Waals surface area (Å²) in [5.41, 5.74) is 1.88. The number of halogens is 2. The Balaban J connectivity index is 2.24. The van der Waals surface area contributed by atoms with Crippen molar-refractivity contribution in [3.63, 3.8) is 0 Å². The van der Waals surface area contributed by atoms with E-state index >= 15 is 0 Å². The average molecular weight is 296 g/mol. The van der Waals surface area contributed by atoms with E-state index in [4.69, 9.17) is 11.6 Å². The normalized spacial score (nSPS) is 12.6. The molecule has 2 aromatic rings. The lowest BCUT2D eigenvalue weighted by atomic mass is 10.0. The van der Waals surface area contributed by atoms with Gasteiger partial charge in [0.15, 0.2) is 0 Å². The highest BCUT2D eigenvalue weighted by atomic mass is 35.5. The van der Waals surface area contributed by atoms with Crippen molar-refractivity contribution < 1.29 is 4.39 Å². The Morgan fingerprint density at radius 1 is 1.45 bits per heavy atom. The highest BCUT2D eigenvalue weighted by Gasteiger charge is 2.19. The summed E-state index contributed by atoms with van der Waals surface area (Å²) >= 11 is 6.22. The first-order chi connectivity index (χ1) is 9.61. The number of rotatable bonds is 6. The Hall–Kier alpha value is -1.39. The van der Waals surface area contributed by atoms with E-state index in [0.29, 0.717) is 11.4 Å². The smallest absolute Gasteiger partial charge is 0.123 e. The molecule has 1 atom stereocenters. The lowest BCUT2D eigenvalue weighted by molar-refractivity contribution is 0.492. The molecule has 2 rings (SSSR count). The minimum absolute atomic E-state index is 0.0248. The fourth-order valence-electron chi connectivity index (χ4n) is 2.30. The molecule has 0 amide bonds. The van der Waals surface area contributed by atoms with Crippen LogP contribution in [0.15, 0.2) is 30.5 Å². The molecule has 1 aromatic carbocycles. The second-order valence-electron chi connectivity index (χ2n) is 4.84. The molecule has 0 bridgehead atoms. The second kappa shape index (κ2) is 6.86. The van der Waals surface area contributed by atoms with Crippen molar-refractivity contribution in [2.75, 3.05) is 6.54 Å². The van der Waals surface area contributed by atoms with Crippen LogP contribution < -0.4 is 5.32 Å². The van der Waals surface area contributed by atoms with Crippen LogP contribution in [-0.2, 0) is 13.5 Å². The third-order valence-corrected chi connectivity index (χ3v) is 3.53. The predicted molar refractivity (Wildman–Crippen MR) is 79.4 cm³/mol. The van der Waals surface area contributed by atoms with Crippen molar-refractivity contribution in [1.29, 1.82) is 0 Å². The van der Waals surface area contributed by atoms with Gasteiger partial charge < -0.3 is 5.32 Å². The van der Waals surface area contributed by atoms with Gasteiger partial charge in [0, 0.05) is 7.05 Å². The number of nitrogens with one attached hydrogen (secondary N) is 1. The van der Waals surface area contributed by atoms with Gasteiger partial charge in [0.05, 0.1) is 23.0 Å². The van der Waals surface area contributed by atoms with Crippen molar-refractivity contribution in [3.05, 3.63) is 52.6 Å². The van der Waals surface area contributed by atoms with Crippen LogP contribution in [-0.4, -0.2) is 16.3 Å². The Labute approximate surface area is 123 Å². The minimum Gasteiger partial charge on any atom is -0.308 e. The zero-order chi connectivity index (χ0) is 14.5. The standard InChI is InChI=1S/C15H19ClFN3/c1-3-7-18-14(15-13(16)10-19-20(15)2)9-11-5-4-6-12(17)8-11/h4-6,8,10,14,18H,3,7,9H2,1-2H3. The maximum absolute atomic E-state index is 13.3. The Kier molecular flexibility index (Phi) is 5.15. The summed E-state index contributed by atoms with van der Waals surface area (Å²) in [5, 5.41) is 8.27. The van der Waals surface area contributed by atoms with Crippen molar-refractivity contribution in [1.82, 2.24) is 15.1 Å². The Morgan fingerprint density at radius 3 is 2.85 bits per heavy atom. The molecule has 0 saturated heterocycles. The van der Waals surface area contributed by atoms with Crippen LogP contribution in [0.1, 0.15) is 30.6 Å². The SMILES string of the molecule is CCCNC(Cc1cccc(F)c1)c1c(Cl)cnn1C. The fourth-order valence-corrected chi connectivity index (χ4v) is 2.59. The van der Waals surface area contributed by atoms with Gasteiger partial charge in [-0.25, -0.2) is 4.39 Å². The topological polar surface area (TPSA) is 29.9 Å². The van der Waals surface area contributed by atoms with Gasteiger partial charge in [0.25, 0.3) is 0 Å². The van der Waals surface area contributed by atoms with Gasteiger partial charge >= 0.3 is 0 Å². The Morgan fingerprint density at radius 2 is 2.25 bits per heavy atom. The van der Waals surface area contributed by atoms with Crippen molar-refractivity contribution in [3.8, 4) is 0 Å².